The average Bonchev–Trinajstić information content (AvgIpc) is 2.17. The first kappa shape index (κ1) is 9.84. The molecule has 0 fully saturated rings. The predicted molar refractivity (Wildman–Crippen MR) is 59.1 cm³/mol. The van der Waals surface area contributed by atoms with Crippen LogP contribution in [0.4, 0.5) is 4.39 Å². The van der Waals surface area contributed by atoms with Gasteiger partial charge in [0.25, 0.3) is 0 Å². The quantitative estimate of drug-likeness (QED) is 0.688. The van der Waals surface area contributed by atoms with Crippen LogP contribution in [-0.4, -0.2) is 4.98 Å². The number of aromatic nitrogens is 1. The largest absolute Gasteiger partial charge is 0.253 e. The number of halogens is 1. The molecule has 0 spiro atoms. The number of hydrogen-bond acceptors (Lipinski definition) is 1. The summed E-state index contributed by atoms with van der Waals surface area (Å²) >= 11 is 0. The third kappa shape index (κ3) is 1.89. The van der Waals surface area contributed by atoms with Crippen LogP contribution in [0.15, 0.2) is 36.4 Å². The molecule has 1 aromatic heterocycles. The van der Waals surface area contributed by atoms with Crippen molar-refractivity contribution < 1.29 is 4.39 Å². The summed E-state index contributed by atoms with van der Waals surface area (Å²) < 4.78 is 13.6. The van der Waals surface area contributed by atoms with Gasteiger partial charge in [-0.1, -0.05) is 18.2 Å². The maximum Gasteiger partial charge on any atom is 0.132 e. The number of hydrogen-bond donors (Lipinski definition) is 0. The molecular formula is C13H12FN. The number of benzene rings is 1. The molecule has 0 aliphatic heterocycles. The second-order valence-electron chi connectivity index (χ2n) is 3.60. The van der Waals surface area contributed by atoms with E-state index in [9.17, 15) is 4.39 Å². The van der Waals surface area contributed by atoms with E-state index in [1.807, 2.05) is 38.1 Å². The molecular weight excluding hydrogens is 189 g/mol. The van der Waals surface area contributed by atoms with Crippen LogP contribution in [-0.2, 0) is 0 Å². The normalized spacial score (nSPS) is 10.3. The Balaban J connectivity index is 2.63. The fraction of sp³-hybridized carbons (Fsp3) is 0.154. The molecule has 0 bridgehead atoms. The van der Waals surface area contributed by atoms with Gasteiger partial charge in [0.1, 0.15) is 5.82 Å². The predicted octanol–water partition coefficient (Wildman–Crippen LogP) is 3.50. The highest BCUT2D eigenvalue weighted by Gasteiger charge is 2.08. The molecule has 76 valence electrons. The molecule has 0 radical (unpaired) electrons. The van der Waals surface area contributed by atoms with E-state index >= 15 is 0 Å². The fourth-order valence-corrected chi connectivity index (χ4v) is 1.64. The van der Waals surface area contributed by atoms with Gasteiger partial charge in [0.15, 0.2) is 0 Å². The van der Waals surface area contributed by atoms with Gasteiger partial charge in [-0.2, -0.15) is 0 Å². The first-order valence-corrected chi connectivity index (χ1v) is 4.87. The minimum absolute atomic E-state index is 0.215. The maximum atomic E-state index is 13.6. The number of pyridine rings is 1. The van der Waals surface area contributed by atoms with Crippen molar-refractivity contribution in [2.24, 2.45) is 0 Å². The average molecular weight is 201 g/mol. The lowest BCUT2D eigenvalue weighted by Crippen LogP contribution is -1.92. The third-order valence-corrected chi connectivity index (χ3v) is 2.37. The van der Waals surface area contributed by atoms with Crippen molar-refractivity contribution in [2.75, 3.05) is 0 Å². The monoisotopic (exact) mass is 201 g/mol. The highest BCUT2D eigenvalue weighted by atomic mass is 19.1. The van der Waals surface area contributed by atoms with Gasteiger partial charge in [-0.15, -0.1) is 0 Å². The summed E-state index contributed by atoms with van der Waals surface area (Å²) in [5, 5.41) is 0. The van der Waals surface area contributed by atoms with Crippen molar-refractivity contribution in [3.8, 4) is 11.3 Å². The van der Waals surface area contributed by atoms with Crippen molar-refractivity contribution in [3.63, 3.8) is 0 Å². The van der Waals surface area contributed by atoms with Crippen LogP contribution in [0.5, 0.6) is 0 Å². The SMILES string of the molecule is Cc1cccc(-c2c(C)cccc2F)n1. The Bertz CT molecular complexity index is 471. The molecule has 0 unspecified atom stereocenters. The lowest BCUT2D eigenvalue weighted by atomic mass is 10.0. The lowest BCUT2D eigenvalue weighted by molar-refractivity contribution is 0.629. The molecule has 0 aliphatic carbocycles. The minimum Gasteiger partial charge on any atom is -0.253 e. The van der Waals surface area contributed by atoms with Crippen molar-refractivity contribution >= 4 is 0 Å². The smallest absolute Gasteiger partial charge is 0.132 e. The molecule has 0 aliphatic rings. The second-order valence-corrected chi connectivity index (χ2v) is 3.60. The maximum absolute atomic E-state index is 13.6. The van der Waals surface area contributed by atoms with Gasteiger partial charge in [0.05, 0.1) is 5.69 Å². The van der Waals surface area contributed by atoms with E-state index in [0.29, 0.717) is 11.3 Å². The van der Waals surface area contributed by atoms with Gasteiger partial charge in [-0.25, -0.2) is 4.39 Å². The second kappa shape index (κ2) is 3.81. The summed E-state index contributed by atoms with van der Waals surface area (Å²) in [6, 6.07) is 10.7. The van der Waals surface area contributed by atoms with Crippen LogP contribution in [0.2, 0.25) is 0 Å². The molecule has 1 aromatic carbocycles. The van der Waals surface area contributed by atoms with E-state index < -0.39 is 0 Å². The molecule has 1 nitrogen and oxygen atoms in total. The highest BCUT2D eigenvalue weighted by molar-refractivity contribution is 5.64. The molecule has 0 saturated heterocycles. The van der Waals surface area contributed by atoms with Gasteiger partial charge < -0.3 is 0 Å². The van der Waals surface area contributed by atoms with Gasteiger partial charge >= 0.3 is 0 Å². The lowest BCUT2D eigenvalue weighted by Gasteiger charge is -2.06. The van der Waals surface area contributed by atoms with Gasteiger partial charge in [-0.3, -0.25) is 4.98 Å². The van der Waals surface area contributed by atoms with E-state index in [4.69, 9.17) is 0 Å². The number of nitrogens with zero attached hydrogens (tertiary/aromatic N) is 1. The van der Waals surface area contributed by atoms with Crippen molar-refractivity contribution in [1.82, 2.24) is 4.98 Å². The Hall–Kier alpha value is -1.70. The summed E-state index contributed by atoms with van der Waals surface area (Å²) in [7, 11) is 0. The van der Waals surface area contributed by atoms with E-state index in [1.54, 1.807) is 6.07 Å². The fourth-order valence-electron chi connectivity index (χ4n) is 1.64. The summed E-state index contributed by atoms with van der Waals surface area (Å²) in [5.41, 5.74) is 3.11. The Morgan fingerprint density at radius 2 is 1.73 bits per heavy atom. The molecule has 2 rings (SSSR count). The molecule has 1 heterocycles. The molecule has 0 atom stereocenters. The topological polar surface area (TPSA) is 12.9 Å². The van der Waals surface area contributed by atoms with E-state index in [-0.39, 0.29) is 5.82 Å². The molecule has 2 aromatic rings. The Morgan fingerprint density at radius 1 is 1.00 bits per heavy atom. The molecule has 0 amide bonds. The molecule has 0 saturated carbocycles. The summed E-state index contributed by atoms with van der Waals surface area (Å²) in [4.78, 5) is 4.33. The Morgan fingerprint density at radius 3 is 2.40 bits per heavy atom. The van der Waals surface area contributed by atoms with Crippen LogP contribution in [0.3, 0.4) is 0 Å². The highest BCUT2D eigenvalue weighted by Crippen LogP contribution is 2.24. The van der Waals surface area contributed by atoms with E-state index in [1.165, 1.54) is 6.07 Å². The summed E-state index contributed by atoms with van der Waals surface area (Å²) in [6.45, 7) is 3.79. The standard InChI is InChI=1S/C13H12FN/c1-9-5-3-7-11(14)13(9)12-8-4-6-10(2)15-12/h3-8H,1-2H3. The first-order chi connectivity index (χ1) is 7.18. The van der Waals surface area contributed by atoms with Crippen molar-refractivity contribution in [1.29, 1.82) is 0 Å². The van der Waals surface area contributed by atoms with E-state index in [0.717, 1.165) is 11.3 Å². The third-order valence-electron chi connectivity index (χ3n) is 2.37. The molecule has 15 heavy (non-hydrogen) atoms. The summed E-state index contributed by atoms with van der Waals surface area (Å²) in [5.74, 6) is -0.215. The number of aryl methyl sites for hydroxylation is 2. The molecule has 2 heteroatoms. The van der Waals surface area contributed by atoms with Crippen LogP contribution >= 0.6 is 0 Å². The Kier molecular flexibility index (Phi) is 2.50. The van der Waals surface area contributed by atoms with Crippen LogP contribution in [0.25, 0.3) is 11.3 Å². The van der Waals surface area contributed by atoms with Crippen molar-refractivity contribution in [3.05, 3.63) is 53.5 Å². The first-order valence-electron chi connectivity index (χ1n) is 4.87. The molecule has 0 N–H and O–H groups in total. The number of rotatable bonds is 1. The van der Waals surface area contributed by atoms with Gasteiger partial charge in [0, 0.05) is 11.3 Å². The van der Waals surface area contributed by atoms with Crippen LogP contribution in [0, 0.1) is 19.7 Å². The zero-order valence-electron chi connectivity index (χ0n) is 8.79. The summed E-state index contributed by atoms with van der Waals surface area (Å²) in [6.07, 6.45) is 0. The van der Waals surface area contributed by atoms with Crippen LogP contribution in [0.1, 0.15) is 11.3 Å². The zero-order chi connectivity index (χ0) is 10.8. The van der Waals surface area contributed by atoms with E-state index in [2.05, 4.69) is 4.98 Å². The zero-order valence-corrected chi connectivity index (χ0v) is 8.79. The van der Waals surface area contributed by atoms with Gasteiger partial charge in [-0.05, 0) is 37.6 Å². The van der Waals surface area contributed by atoms with Crippen LogP contribution < -0.4 is 0 Å². The Labute approximate surface area is 88.6 Å². The van der Waals surface area contributed by atoms with Gasteiger partial charge in [0.2, 0.25) is 0 Å². The van der Waals surface area contributed by atoms with Crippen molar-refractivity contribution in [2.45, 2.75) is 13.8 Å². The minimum atomic E-state index is -0.215.